The van der Waals surface area contributed by atoms with Crippen molar-refractivity contribution in [1.29, 1.82) is 0 Å². The molecule has 2 aromatic carbocycles. The van der Waals surface area contributed by atoms with Crippen LogP contribution in [0.15, 0.2) is 42.5 Å². The van der Waals surface area contributed by atoms with Crippen molar-refractivity contribution >= 4 is 22.9 Å². The lowest BCUT2D eigenvalue weighted by Gasteiger charge is -2.03. The van der Waals surface area contributed by atoms with E-state index in [-0.39, 0.29) is 5.75 Å². The molecule has 3 rings (SSSR count). The second-order valence-corrected chi connectivity index (χ2v) is 6.75. The first-order chi connectivity index (χ1) is 10.5. The van der Waals surface area contributed by atoms with Crippen LogP contribution in [0, 0.1) is 13.8 Å². The van der Waals surface area contributed by atoms with E-state index in [1.54, 1.807) is 23.5 Å². The van der Waals surface area contributed by atoms with Crippen molar-refractivity contribution in [2.45, 2.75) is 13.8 Å². The highest BCUT2D eigenvalue weighted by atomic mass is 35.5. The van der Waals surface area contributed by atoms with Gasteiger partial charge >= 0.3 is 0 Å². The highest BCUT2D eigenvalue weighted by molar-refractivity contribution is 7.19. The summed E-state index contributed by atoms with van der Waals surface area (Å²) >= 11 is 7.99. The average Bonchev–Trinajstić information content (AvgIpc) is 2.87. The molecule has 3 aromatic rings. The number of thiophene rings is 1. The summed E-state index contributed by atoms with van der Waals surface area (Å²) in [6, 6.07) is 13.0. The largest absolute Gasteiger partial charge is 0.508 e. The Morgan fingerprint density at radius 3 is 1.95 bits per heavy atom. The molecule has 0 amide bonds. The molecule has 0 aliphatic carbocycles. The van der Waals surface area contributed by atoms with Gasteiger partial charge in [-0.1, -0.05) is 11.6 Å². The number of aryl methyl sites for hydroxylation is 2. The minimum absolute atomic E-state index is 0.283. The van der Waals surface area contributed by atoms with Gasteiger partial charge in [-0.2, -0.15) is 0 Å². The van der Waals surface area contributed by atoms with Crippen molar-refractivity contribution in [2.75, 3.05) is 0 Å². The molecule has 2 N–H and O–H groups in total. The van der Waals surface area contributed by atoms with E-state index >= 15 is 0 Å². The normalized spacial score (nSPS) is 10.9. The summed E-state index contributed by atoms with van der Waals surface area (Å²) in [6.07, 6.45) is 0. The van der Waals surface area contributed by atoms with Gasteiger partial charge in [0.15, 0.2) is 0 Å². The lowest BCUT2D eigenvalue weighted by atomic mass is 10.1. The first-order valence-electron chi connectivity index (χ1n) is 6.85. The van der Waals surface area contributed by atoms with Gasteiger partial charge in [-0.25, -0.2) is 0 Å². The van der Waals surface area contributed by atoms with Crippen LogP contribution < -0.4 is 0 Å². The summed E-state index contributed by atoms with van der Waals surface area (Å²) in [7, 11) is 0. The number of halogens is 1. The number of benzene rings is 2. The number of hydrogen-bond donors (Lipinski definition) is 2. The second-order valence-electron chi connectivity index (χ2n) is 5.29. The Labute approximate surface area is 138 Å². The maximum Gasteiger partial charge on any atom is 0.118 e. The van der Waals surface area contributed by atoms with Crippen LogP contribution in [0.2, 0.25) is 5.02 Å². The van der Waals surface area contributed by atoms with E-state index in [1.807, 2.05) is 44.2 Å². The van der Waals surface area contributed by atoms with Gasteiger partial charge in [0.25, 0.3) is 0 Å². The average molecular weight is 331 g/mol. The van der Waals surface area contributed by atoms with Crippen LogP contribution in [-0.4, -0.2) is 10.2 Å². The van der Waals surface area contributed by atoms with Crippen molar-refractivity contribution in [3.05, 3.63) is 58.6 Å². The fourth-order valence-corrected chi connectivity index (χ4v) is 3.75. The molecule has 0 unspecified atom stereocenters. The van der Waals surface area contributed by atoms with Crippen molar-refractivity contribution in [2.24, 2.45) is 0 Å². The van der Waals surface area contributed by atoms with Gasteiger partial charge in [0, 0.05) is 4.88 Å². The maximum absolute atomic E-state index is 9.65. The standard InChI is InChI=1S/C18H15ClO2S/c1-10-7-12(3-5-15(10)20)17-9-14(19)18(22-17)13-4-6-16(21)11(2)8-13/h3-9,20-21H,1-2H3. The third-order valence-corrected chi connectivity index (χ3v) is 5.27. The van der Waals surface area contributed by atoms with Crippen LogP contribution in [-0.2, 0) is 0 Å². The Balaban J connectivity index is 2.06. The smallest absolute Gasteiger partial charge is 0.118 e. The van der Waals surface area contributed by atoms with Crippen molar-refractivity contribution in [1.82, 2.24) is 0 Å². The zero-order chi connectivity index (χ0) is 15.9. The Hall–Kier alpha value is -1.97. The maximum atomic E-state index is 9.65. The molecule has 2 nitrogen and oxygen atoms in total. The summed E-state index contributed by atoms with van der Waals surface area (Å²) in [5.74, 6) is 0.576. The van der Waals surface area contributed by atoms with Gasteiger partial charge < -0.3 is 10.2 Å². The zero-order valence-corrected chi connectivity index (χ0v) is 13.8. The number of phenols is 2. The molecule has 1 heterocycles. The Kier molecular flexibility index (Phi) is 3.85. The van der Waals surface area contributed by atoms with Crippen LogP contribution in [0.4, 0.5) is 0 Å². The fraction of sp³-hybridized carbons (Fsp3) is 0.111. The third kappa shape index (κ3) is 2.70. The highest BCUT2D eigenvalue weighted by Crippen LogP contribution is 2.42. The molecule has 4 heteroatoms. The lowest BCUT2D eigenvalue weighted by molar-refractivity contribution is 0.471. The van der Waals surface area contributed by atoms with E-state index in [0.717, 1.165) is 32.0 Å². The molecule has 0 fully saturated rings. The minimum atomic E-state index is 0.283. The predicted molar refractivity (Wildman–Crippen MR) is 93.0 cm³/mol. The summed E-state index contributed by atoms with van der Waals surface area (Å²) in [4.78, 5) is 2.03. The van der Waals surface area contributed by atoms with Gasteiger partial charge in [0.05, 0.1) is 9.90 Å². The molecule has 112 valence electrons. The van der Waals surface area contributed by atoms with Gasteiger partial charge in [0.1, 0.15) is 11.5 Å². The van der Waals surface area contributed by atoms with Crippen LogP contribution in [0.1, 0.15) is 11.1 Å². The molecule has 0 atom stereocenters. The lowest BCUT2D eigenvalue weighted by Crippen LogP contribution is -1.78. The van der Waals surface area contributed by atoms with E-state index in [2.05, 4.69) is 0 Å². The number of aromatic hydroxyl groups is 2. The highest BCUT2D eigenvalue weighted by Gasteiger charge is 2.12. The Morgan fingerprint density at radius 2 is 1.36 bits per heavy atom. The monoisotopic (exact) mass is 330 g/mol. The molecular formula is C18H15ClO2S. The topological polar surface area (TPSA) is 40.5 Å². The van der Waals surface area contributed by atoms with Gasteiger partial charge in [-0.05, 0) is 78.6 Å². The Bertz CT molecular complexity index is 852. The summed E-state index contributed by atoms with van der Waals surface area (Å²) < 4.78 is 0. The first-order valence-corrected chi connectivity index (χ1v) is 8.04. The summed E-state index contributed by atoms with van der Waals surface area (Å²) in [6.45, 7) is 3.74. The molecule has 0 saturated heterocycles. The molecule has 0 aliphatic rings. The van der Waals surface area contributed by atoms with Crippen LogP contribution in [0.25, 0.3) is 20.9 Å². The quantitative estimate of drug-likeness (QED) is 0.626. The molecule has 0 spiro atoms. The second kappa shape index (κ2) is 5.67. The van der Waals surface area contributed by atoms with E-state index in [4.69, 9.17) is 11.6 Å². The van der Waals surface area contributed by atoms with E-state index < -0.39 is 0 Å². The number of phenolic OH excluding ortho intramolecular Hbond substituents is 2. The van der Waals surface area contributed by atoms with E-state index in [0.29, 0.717) is 10.8 Å². The number of hydrogen-bond acceptors (Lipinski definition) is 3. The van der Waals surface area contributed by atoms with Gasteiger partial charge in [-0.15, -0.1) is 11.3 Å². The molecule has 0 radical (unpaired) electrons. The first kappa shape index (κ1) is 14.9. The molecule has 0 saturated carbocycles. The van der Waals surface area contributed by atoms with Crippen molar-refractivity contribution in [3.63, 3.8) is 0 Å². The molecule has 0 aliphatic heterocycles. The van der Waals surface area contributed by atoms with Crippen molar-refractivity contribution in [3.8, 4) is 32.4 Å². The molecular weight excluding hydrogens is 316 g/mol. The van der Waals surface area contributed by atoms with E-state index in [9.17, 15) is 10.2 Å². The summed E-state index contributed by atoms with van der Waals surface area (Å²) in [5, 5.41) is 20.0. The van der Waals surface area contributed by atoms with Crippen molar-refractivity contribution < 1.29 is 10.2 Å². The van der Waals surface area contributed by atoms with Crippen LogP contribution in [0.5, 0.6) is 11.5 Å². The third-order valence-electron chi connectivity index (χ3n) is 3.63. The van der Waals surface area contributed by atoms with Crippen LogP contribution >= 0.6 is 22.9 Å². The predicted octanol–water partition coefficient (Wildman–Crippen LogP) is 5.76. The SMILES string of the molecule is Cc1cc(-c2cc(Cl)c(-c3ccc(O)c(C)c3)s2)ccc1O. The molecule has 1 aromatic heterocycles. The fourth-order valence-electron chi connectivity index (χ4n) is 2.31. The van der Waals surface area contributed by atoms with Crippen LogP contribution in [0.3, 0.4) is 0 Å². The zero-order valence-electron chi connectivity index (χ0n) is 12.2. The summed E-state index contributed by atoms with van der Waals surface area (Å²) in [5.41, 5.74) is 3.68. The van der Waals surface area contributed by atoms with Gasteiger partial charge in [0.2, 0.25) is 0 Å². The minimum Gasteiger partial charge on any atom is -0.508 e. The van der Waals surface area contributed by atoms with E-state index in [1.165, 1.54) is 0 Å². The molecule has 22 heavy (non-hydrogen) atoms. The van der Waals surface area contributed by atoms with Gasteiger partial charge in [-0.3, -0.25) is 0 Å². The number of rotatable bonds is 2. The Morgan fingerprint density at radius 1 is 0.818 bits per heavy atom. The molecule has 0 bridgehead atoms.